The minimum Gasteiger partial charge on any atom is -0.494 e. The van der Waals surface area contributed by atoms with Crippen molar-refractivity contribution in [3.05, 3.63) is 87.8 Å². The van der Waals surface area contributed by atoms with Crippen LogP contribution in [0.25, 0.3) is 21.2 Å². The van der Waals surface area contributed by atoms with Crippen LogP contribution in [0.15, 0.2) is 66.7 Å². The zero-order valence-electron chi connectivity index (χ0n) is 28.0. The summed E-state index contributed by atoms with van der Waals surface area (Å²) in [5.41, 5.74) is 2.91. The van der Waals surface area contributed by atoms with Crippen molar-refractivity contribution in [2.24, 2.45) is 0 Å². The van der Waals surface area contributed by atoms with Crippen molar-refractivity contribution in [2.45, 2.75) is 84.5 Å². The number of nitrogens with zero attached hydrogens (tertiary/aromatic N) is 2. The molecule has 0 aliphatic heterocycles. The Morgan fingerprint density at radius 1 is 0.915 bits per heavy atom. The number of hydrogen-bond acceptors (Lipinski definition) is 6. The summed E-state index contributed by atoms with van der Waals surface area (Å²) in [6, 6.07) is 21.3. The number of ether oxygens (including phenoxy) is 2. The highest BCUT2D eigenvalue weighted by Crippen LogP contribution is 2.39. The number of halogens is 1. The quantitative estimate of drug-likeness (QED) is 0.165. The summed E-state index contributed by atoms with van der Waals surface area (Å²) in [4.78, 5) is 43.4. The molecule has 0 atom stereocenters. The molecule has 248 valence electrons. The molecule has 0 saturated heterocycles. The number of ketones is 1. The van der Waals surface area contributed by atoms with Crippen LogP contribution < -0.4 is 4.74 Å². The number of rotatable bonds is 9. The van der Waals surface area contributed by atoms with Crippen LogP contribution in [0.3, 0.4) is 0 Å². The van der Waals surface area contributed by atoms with Gasteiger partial charge in [-0.1, -0.05) is 60.1 Å². The predicted molar refractivity (Wildman–Crippen MR) is 190 cm³/mol. The van der Waals surface area contributed by atoms with Gasteiger partial charge in [0, 0.05) is 46.9 Å². The molecule has 0 unspecified atom stereocenters. The molecule has 3 aromatic carbocycles. The molecule has 4 aromatic rings. The Labute approximate surface area is 286 Å². The van der Waals surface area contributed by atoms with Gasteiger partial charge in [0.25, 0.3) is 5.91 Å². The minimum atomic E-state index is -0.572. The van der Waals surface area contributed by atoms with Gasteiger partial charge in [-0.3, -0.25) is 9.59 Å². The maximum atomic E-state index is 14.5. The zero-order valence-corrected chi connectivity index (χ0v) is 29.5. The molecule has 0 N–H and O–H groups in total. The molecule has 2 amide bonds. The lowest BCUT2D eigenvalue weighted by atomic mass is 9.89. The Hall–Kier alpha value is -3.88. The second-order valence-corrected chi connectivity index (χ2v) is 14.5. The van der Waals surface area contributed by atoms with Crippen molar-refractivity contribution >= 4 is 50.8 Å². The van der Waals surface area contributed by atoms with Crippen molar-refractivity contribution in [2.75, 3.05) is 13.7 Å². The van der Waals surface area contributed by atoms with Crippen molar-refractivity contribution in [1.29, 1.82) is 0 Å². The van der Waals surface area contributed by atoms with Gasteiger partial charge in [-0.2, -0.15) is 0 Å². The molecule has 0 radical (unpaired) electrons. The van der Waals surface area contributed by atoms with E-state index in [1.54, 1.807) is 18.9 Å². The van der Waals surface area contributed by atoms with Crippen LogP contribution in [0, 0.1) is 0 Å². The lowest BCUT2D eigenvalue weighted by Crippen LogP contribution is -2.47. The summed E-state index contributed by atoms with van der Waals surface area (Å²) in [6.07, 6.45) is 2.60. The maximum Gasteiger partial charge on any atom is 0.410 e. The summed E-state index contributed by atoms with van der Waals surface area (Å²) in [6.45, 7) is 9.91. The zero-order chi connectivity index (χ0) is 33.9. The third-order valence-electron chi connectivity index (χ3n) is 8.65. The van der Waals surface area contributed by atoms with E-state index in [2.05, 4.69) is 6.07 Å². The second kappa shape index (κ2) is 14.5. The first kappa shape index (κ1) is 34.5. The van der Waals surface area contributed by atoms with E-state index in [1.165, 1.54) is 11.3 Å². The fourth-order valence-electron chi connectivity index (χ4n) is 6.15. The smallest absolute Gasteiger partial charge is 0.410 e. The van der Waals surface area contributed by atoms with Crippen LogP contribution in [-0.4, -0.2) is 58.9 Å². The van der Waals surface area contributed by atoms with E-state index in [4.69, 9.17) is 21.1 Å². The number of carbonyl (C=O) groups excluding carboxylic acids is 3. The number of hydrogen-bond donors (Lipinski definition) is 0. The van der Waals surface area contributed by atoms with Gasteiger partial charge in [0.1, 0.15) is 16.2 Å². The maximum absolute atomic E-state index is 14.5. The van der Waals surface area contributed by atoms with Gasteiger partial charge in [-0.15, -0.1) is 11.3 Å². The molecule has 5 rings (SSSR count). The third kappa shape index (κ3) is 7.99. The molecular weight excluding hydrogens is 632 g/mol. The van der Waals surface area contributed by atoms with Crippen molar-refractivity contribution in [3.8, 4) is 16.9 Å². The van der Waals surface area contributed by atoms with Gasteiger partial charge in [0.15, 0.2) is 5.78 Å². The monoisotopic (exact) mass is 674 g/mol. The van der Waals surface area contributed by atoms with Crippen LogP contribution >= 0.6 is 22.9 Å². The second-order valence-electron chi connectivity index (χ2n) is 13.1. The lowest BCUT2D eigenvalue weighted by molar-refractivity contribution is 0.0144. The topological polar surface area (TPSA) is 76.2 Å². The number of thiophene rings is 1. The Morgan fingerprint density at radius 2 is 1.55 bits per heavy atom. The largest absolute Gasteiger partial charge is 0.494 e. The van der Waals surface area contributed by atoms with E-state index in [9.17, 15) is 14.4 Å². The normalized spacial score (nSPS) is 16.5. The van der Waals surface area contributed by atoms with Crippen LogP contribution in [0.1, 0.15) is 85.9 Å². The SMILES string of the molecule is CCOc1ccc(-c2ccc(C(C)=O)cc2)cc1CN(C(=O)c1sc2ccccc2c1Cl)C1CCC(N(C)C(=O)OC(C)(C)C)CC1. The minimum absolute atomic E-state index is 0.0185. The van der Waals surface area contributed by atoms with Gasteiger partial charge in [0.2, 0.25) is 0 Å². The highest BCUT2D eigenvalue weighted by Gasteiger charge is 2.35. The molecule has 0 bridgehead atoms. The molecule has 47 heavy (non-hydrogen) atoms. The van der Waals surface area contributed by atoms with Crippen LogP contribution in [0.5, 0.6) is 5.75 Å². The standard InChI is InChI=1S/C38H43ClN2O5S/c1-7-45-32-21-16-27(26-14-12-25(13-15-26)24(2)42)22-28(32)23-41(36(43)35-34(39)31-10-8-9-11-33(31)47-35)30-19-17-29(18-20-30)40(6)37(44)46-38(3,4)5/h8-16,21-22,29-30H,7,17-20,23H2,1-6H3. The van der Waals surface area contributed by atoms with E-state index in [0.29, 0.717) is 28.6 Å². The van der Waals surface area contributed by atoms with Crippen molar-refractivity contribution in [1.82, 2.24) is 9.80 Å². The Balaban J connectivity index is 1.47. The summed E-state index contributed by atoms with van der Waals surface area (Å²) < 4.78 is 12.7. The molecule has 1 saturated carbocycles. The van der Waals surface area contributed by atoms with Crippen LogP contribution in [0.2, 0.25) is 5.02 Å². The van der Waals surface area contributed by atoms with Crippen LogP contribution in [0.4, 0.5) is 4.79 Å². The number of fused-ring (bicyclic) bond motifs is 1. The van der Waals surface area contributed by atoms with Gasteiger partial charge in [-0.05, 0) is 89.6 Å². The number of amides is 2. The van der Waals surface area contributed by atoms with Gasteiger partial charge in [-0.25, -0.2) is 4.79 Å². The fraction of sp³-hybridized carbons (Fsp3) is 0.395. The van der Waals surface area contributed by atoms with Crippen LogP contribution in [-0.2, 0) is 11.3 Å². The first-order valence-corrected chi connectivity index (χ1v) is 17.4. The summed E-state index contributed by atoms with van der Waals surface area (Å²) in [7, 11) is 1.79. The van der Waals surface area contributed by atoms with E-state index in [0.717, 1.165) is 58.2 Å². The van der Waals surface area contributed by atoms with Gasteiger partial charge in [0.05, 0.1) is 11.6 Å². The van der Waals surface area contributed by atoms with E-state index in [1.807, 2.05) is 93.3 Å². The third-order valence-corrected chi connectivity index (χ3v) is 10.3. The number of carbonyl (C=O) groups is 3. The first-order chi connectivity index (χ1) is 22.4. The molecule has 1 aliphatic rings. The van der Waals surface area contributed by atoms with Crippen molar-refractivity contribution < 1.29 is 23.9 Å². The highest BCUT2D eigenvalue weighted by atomic mass is 35.5. The molecular formula is C38H43ClN2O5S. The van der Waals surface area contributed by atoms with Gasteiger partial charge >= 0.3 is 6.09 Å². The van der Waals surface area contributed by atoms with Gasteiger partial charge < -0.3 is 19.3 Å². The Kier molecular flexibility index (Phi) is 10.6. The summed E-state index contributed by atoms with van der Waals surface area (Å²) >= 11 is 8.28. The predicted octanol–water partition coefficient (Wildman–Crippen LogP) is 9.64. The summed E-state index contributed by atoms with van der Waals surface area (Å²) in [5, 5.41) is 1.35. The Morgan fingerprint density at radius 3 is 2.17 bits per heavy atom. The molecule has 1 fully saturated rings. The molecule has 1 aliphatic carbocycles. The average molecular weight is 675 g/mol. The lowest BCUT2D eigenvalue weighted by Gasteiger charge is -2.40. The highest BCUT2D eigenvalue weighted by molar-refractivity contribution is 7.21. The molecule has 7 nitrogen and oxygen atoms in total. The fourth-order valence-corrected chi connectivity index (χ4v) is 7.62. The number of Topliss-reactive ketones (excluding diaryl/α,β-unsaturated/α-hetero) is 1. The average Bonchev–Trinajstić information content (AvgIpc) is 3.39. The molecule has 0 spiro atoms. The molecule has 9 heteroatoms. The molecule has 1 heterocycles. The first-order valence-electron chi connectivity index (χ1n) is 16.2. The Bertz CT molecular complexity index is 1750. The van der Waals surface area contributed by atoms with E-state index in [-0.39, 0.29) is 29.9 Å². The van der Waals surface area contributed by atoms with E-state index < -0.39 is 5.60 Å². The molecule has 1 aromatic heterocycles. The van der Waals surface area contributed by atoms with Crippen molar-refractivity contribution in [3.63, 3.8) is 0 Å². The van der Waals surface area contributed by atoms with E-state index >= 15 is 0 Å². The summed E-state index contributed by atoms with van der Waals surface area (Å²) in [5.74, 6) is 0.624. The number of benzene rings is 3.